The summed E-state index contributed by atoms with van der Waals surface area (Å²) in [5.74, 6) is 0.117. The summed E-state index contributed by atoms with van der Waals surface area (Å²) in [5, 5.41) is 4.21. The number of rotatable bonds is 3. The van der Waals surface area contributed by atoms with Gasteiger partial charge in [0.1, 0.15) is 5.69 Å². The molecule has 0 amide bonds. The zero-order valence-corrected chi connectivity index (χ0v) is 11.3. The van der Waals surface area contributed by atoms with E-state index in [2.05, 4.69) is 23.3 Å². The van der Waals surface area contributed by atoms with Crippen molar-refractivity contribution >= 4 is 5.78 Å². The van der Waals surface area contributed by atoms with Crippen LogP contribution in [0.3, 0.4) is 0 Å². The largest absolute Gasteiger partial charge is 0.292 e. The van der Waals surface area contributed by atoms with Gasteiger partial charge in [-0.25, -0.2) is 0 Å². The molecule has 0 radical (unpaired) electrons. The molecule has 3 heteroatoms. The van der Waals surface area contributed by atoms with Gasteiger partial charge in [0.2, 0.25) is 0 Å². The fourth-order valence-corrected chi connectivity index (χ4v) is 2.13. The Balaban J connectivity index is 2.26. The monoisotopic (exact) mass is 242 g/mol. The van der Waals surface area contributed by atoms with Crippen molar-refractivity contribution < 1.29 is 4.79 Å². The second kappa shape index (κ2) is 4.77. The molecule has 0 fully saturated rings. The minimum absolute atomic E-state index is 0.117. The van der Waals surface area contributed by atoms with Crippen LogP contribution in [-0.4, -0.2) is 15.6 Å². The van der Waals surface area contributed by atoms with E-state index in [0.29, 0.717) is 12.1 Å². The zero-order valence-electron chi connectivity index (χ0n) is 11.3. The molecule has 0 N–H and O–H groups in total. The highest BCUT2D eigenvalue weighted by atomic mass is 16.1. The third-order valence-corrected chi connectivity index (χ3v) is 3.14. The van der Waals surface area contributed by atoms with E-state index in [1.165, 1.54) is 5.56 Å². The van der Waals surface area contributed by atoms with Crippen LogP contribution in [0, 0.1) is 20.8 Å². The van der Waals surface area contributed by atoms with Crippen molar-refractivity contribution in [1.29, 1.82) is 0 Å². The van der Waals surface area contributed by atoms with Gasteiger partial charge in [-0.3, -0.25) is 9.48 Å². The maximum absolute atomic E-state index is 12.3. The molecule has 0 saturated heterocycles. The van der Waals surface area contributed by atoms with Gasteiger partial charge in [-0.1, -0.05) is 23.8 Å². The van der Waals surface area contributed by atoms with E-state index < -0.39 is 0 Å². The Bertz CT molecular complexity index is 597. The Morgan fingerprint density at radius 1 is 1.22 bits per heavy atom. The summed E-state index contributed by atoms with van der Waals surface area (Å²) >= 11 is 0. The van der Waals surface area contributed by atoms with Crippen molar-refractivity contribution in [2.45, 2.75) is 27.2 Å². The highest BCUT2D eigenvalue weighted by molar-refractivity contribution is 5.96. The van der Waals surface area contributed by atoms with Crippen LogP contribution < -0.4 is 0 Å². The molecule has 1 aromatic carbocycles. The fraction of sp³-hybridized carbons (Fsp3) is 0.333. The number of ketones is 1. The van der Waals surface area contributed by atoms with Crippen LogP contribution in [0.4, 0.5) is 0 Å². The molecule has 1 aromatic heterocycles. The molecule has 2 rings (SSSR count). The minimum atomic E-state index is 0.117. The first-order chi connectivity index (χ1) is 8.47. The van der Waals surface area contributed by atoms with Gasteiger partial charge in [0.15, 0.2) is 5.78 Å². The minimum Gasteiger partial charge on any atom is -0.292 e. The van der Waals surface area contributed by atoms with Crippen LogP contribution in [0.15, 0.2) is 24.3 Å². The van der Waals surface area contributed by atoms with Crippen molar-refractivity contribution in [3.8, 4) is 0 Å². The lowest BCUT2D eigenvalue weighted by Gasteiger charge is -2.06. The molecule has 3 nitrogen and oxygen atoms in total. The summed E-state index contributed by atoms with van der Waals surface area (Å²) in [6.45, 7) is 5.98. The summed E-state index contributed by atoms with van der Waals surface area (Å²) < 4.78 is 1.66. The van der Waals surface area contributed by atoms with E-state index in [0.717, 1.165) is 16.8 Å². The number of Topliss-reactive ketones (excluding diaryl/α,β-unsaturated/α-hetero) is 1. The van der Waals surface area contributed by atoms with Crippen molar-refractivity contribution in [3.63, 3.8) is 0 Å². The molecular weight excluding hydrogens is 224 g/mol. The Morgan fingerprint density at radius 3 is 2.56 bits per heavy atom. The molecule has 0 aliphatic carbocycles. The van der Waals surface area contributed by atoms with Crippen molar-refractivity contribution in [1.82, 2.24) is 9.78 Å². The standard InChI is InChI=1S/C15H18N2O/c1-10-5-6-11(2)13(7-10)9-15(18)14-8-12(3)16-17(14)4/h5-8H,9H2,1-4H3. The van der Waals surface area contributed by atoms with E-state index in [1.807, 2.05) is 33.9 Å². The van der Waals surface area contributed by atoms with Gasteiger partial charge in [0, 0.05) is 13.5 Å². The fourth-order valence-electron chi connectivity index (χ4n) is 2.13. The number of benzene rings is 1. The van der Waals surface area contributed by atoms with Gasteiger partial charge in [-0.05, 0) is 38.0 Å². The van der Waals surface area contributed by atoms with Crippen LogP contribution in [0.5, 0.6) is 0 Å². The predicted molar refractivity (Wildman–Crippen MR) is 71.9 cm³/mol. The van der Waals surface area contributed by atoms with E-state index >= 15 is 0 Å². The molecule has 0 aliphatic rings. The summed E-state index contributed by atoms with van der Waals surface area (Å²) in [6.07, 6.45) is 0.437. The topological polar surface area (TPSA) is 34.9 Å². The van der Waals surface area contributed by atoms with Crippen LogP contribution in [0.1, 0.15) is 32.9 Å². The lowest BCUT2D eigenvalue weighted by molar-refractivity contribution is 0.0984. The summed E-state index contributed by atoms with van der Waals surface area (Å²) in [5.41, 5.74) is 4.99. The Morgan fingerprint density at radius 2 is 1.94 bits per heavy atom. The van der Waals surface area contributed by atoms with Gasteiger partial charge in [-0.15, -0.1) is 0 Å². The molecule has 0 atom stereocenters. The van der Waals surface area contributed by atoms with E-state index in [9.17, 15) is 4.79 Å². The Labute approximate surface area is 107 Å². The maximum Gasteiger partial charge on any atom is 0.185 e. The second-order valence-corrected chi connectivity index (χ2v) is 4.82. The van der Waals surface area contributed by atoms with Gasteiger partial charge >= 0.3 is 0 Å². The van der Waals surface area contributed by atoms with Gasteiger partial charge in [-0.2, -0.15) is 5.10 Å². The number of aryl methyl sites for hydroxylation is 4. The number of carbonyl (C=O) groups is 1. The van der Waals surface area contributed by atoms with Gasteiger partial charge in [0.25, 0.3) is 0 Å². The average molecular weight is 242 g/mol. The van der Waals surface area contributed by atoms with E-state index in [4.69, 9.17) is 0 Å². The smallest absolute Gasteiger partial charge is 0.185 e. The SMILES string of the molecule is Cc1ccc(C)c(CC(=O)c2cc(C)nn2C)c1. The average Bonchev–Trinajstić information content (AvgIpc) is 2.63. The molecule has 0 unspecified atom stereocenters. The number of aromatic nitrogens is 2. The van der Waals surface area contributed by atoms with Crippen LogP contribution in [0.2, 0.25) is 0 Å². The summed E-state index contributed by atoms with van der Waals surface area (Å²) in [7, 11) is 1.81. The van der Waals surface area contributed by atoms with Crippen LogP contribution in [0.25, 0.3) is 0 Å². The highest BCUT2D eigenvalue weighted by Gasteiger charge is 2.13. The van der Waals surface area contributed by atoms with Gasteiger partial charge < -0.3 is 0 Å². The Kier molecular flexibility index (Phi) is 3.32. The third kappa shape index (κ3) is 2.50. The molecule has 18 heavy (non-hydrogen) atoms. The van der Waals surface area contributed by atoms with Crippen LogP contribution >= 0.6 is 0 Å². The van der Waals surface area contributed by atoms with E-state index in [-0.39, 0.29) is 5.78 Å². The lowest BCUT2D eigenvalue weighted by Crippen LogP contribution is -2.10. The summed E-state index contributed by atoms with van der Waals surface area (Å²) in [4.78, 5) is 12.3. The number of carbonyl (C=O) groups excluding carboxylic acids is 1. The van der Waals surface area contributed by atoms with Crippen LogP contribution in [-0.2, 0) is 13.5 Å². The molecule has 94 valence electrons. The zero-order chi connectivity index (χ0) is 13.3. The lowest BCUT2D eigenvalue weighted by atomic mass is 10.00. The number of hydrogen-bond acceptors (Lipinski definition) is 2. The first kappa shape index (κ1) is 12.6. The molecule has 2 aromatic rings. The number of nitrogens with zero attached hydrogens (tertiary/aromatic N) is 2. The molecule has 0 spiro atoms. The molecule has 0 aliphatic heterocycles. The molecule has 0 saturated carbocycles. The quantitative estimate of drug-likeness (QED) is 0.776. The molecule has 0 bridgehead atoms. The third-order valence-electron chi connectivity index (χ3n) is 3.14. The molecular formula is C15H18N2O. The second-order valence-electron chi connectivity index (χ2n) is 4.82. The highest BCUT2D eigenvalue weighted by Crippen LogP contribution is 2.14. The Hall–Kier alpha value is -1.90. The maximum atomic E-state index is 12.3. The first-order valence-corrected chi connectivity index (χ1v) is 6.07. The molecule has 1 heterocycles. The predicted octanol–water partition coefficient (Wildman–Crippen LogP) is 2.77. The van der Waals surface area contributed by atoms with Crippen molar-refractivity contribution in [2.24, 2.45) is 7.05 Å². The van der Waals surface area contributed by atoms with E-state index in [1.54, 1.807) is 4.68 Å². The van der Waals surface area contributed by atoms with Gasteiger partial charge in [0.05, 0.1) is 5.69 Å². The van der Waals surface area contributed by atoms with Crippen molar-refractivity contribution in [3.05, 3.63) is 52.3 Å². The summed E-state index contributed by atoms with van der Waals surface area (Å²) in [6, 6.07) is 8.05. The normalized spacial score (nSPS) is 10.7. The number of hydrogen-bond donors (Lipinski definition) is 0. The van der Waals surface area contributed by atoms with Crippen molar-refractivity contribution in [2.75, 3.05) is 0 Å². The first-order valence-electron chi connectivity index (χ1n) is 6.07.